The van der Waals surface area contributed by atoms with Crippen molar-refractivity contribution < 1.29 is 20.4 Å². The van der Waals surface area contributed by atoms with E-state index in [2.05, 4.69) is 0 Å². The van der Waals surface area contributed by atoms with Gasteiger partial charge in [0.15, 0.2) is 11.8 Å². The summed E-state index contributed by atoms with van der Waals surface area (Å²) in [5, 5.41) is 41.6. The van der Waals surface area contributed by atoms with Crippen LogP contribution in [0.25, 0.3) is 5.69 Å². The Morgan fingerprint density at radius 1 is 0.708 bits per heavy atom. The van der Waals surface area contributed by atoms with Crippen molar-refractivity contribution in [1.82, 2.24) is 9.13 Å². The second kappa shape index (κ2) is 4.74. The van der Waals surface area contributed by atoms with E-state index in [9.17, 15) is 20.4 Å². The highest BCUT2D eigenvalue weighted by molar-refractivity contribution is 5.62. The lowest BCUT2D eigenvalue weighted by Gasteiger charge is -2.12. The number of fused-ring (bicyclic) bond motifs is 2. The van der Waals surface area contributed by atoms with Crippen LogP contribution in [0.4, 0.5) is 0 Å². The Kier molecular flexibility index (Phi) is 2.87. The molecule has 124 valence electrons. The molecule has 6 nitrogen and oxygen atoms in total. The van der Waals surface area contributed by atoms with Crippen LogP contribution in [0.15, 0.2) is 24.3 Å². The molecule has 0 aliphatic heterocycles. The molecular weight excluding hydrogens is 308 g/mol. The van der Waals surface area contributed by atoms with E-state index in [1.165, 1.54) is 9.13 Å². The van der Waals surface area contributed by atoms with Crippen LogP contribution in [0.1, 0.15) is 27.8 Å². The number of aromatic hydroxyl groups is 4. The molecule has 24 heavy (non-hydrogen) atoms. The van der Waals surface area contributed by atoms with E-state index < -0.39 is 0 Å². The first-order valence-electron chi connectivity index (χ1n) is 7.70. The lowest BCUT2D eigenvalue weighted by Crippen LogP contribution is -2.03. The van der Waals surface area contributed by atoms with Crippen molar-refractivity contribution in [2.24, 2.45) is 7.05 Å². The van der Waals surface area contributed by atoms with Crippen LogP contribution in [0, 0.1) is 6.92 Å². The van der Waals surface area contributed by atoms with E-state index in [0.717, 1.165) is 5.56 Å². The topological polar surface area (TPSA) is 90.8 Å². The number of aromatic nitrogens is 2. The van der Waals surface area contributed by atoms with E-state index in [1.54, 1.807) is 7.05 Å². The van der Waals surface area contributed by atoms with Crippen molar-refractivity contribution in [2.45, 2.75) is 19.8 Å². The maximum absolute atomic E-state index is 10.6. The fourth-order valence-electron chi connectivity index (χ4n) is 3.45. The first-order valence-corrected chi connectivity index (χ1v) is 7.70. The van der Waals surface area contributed by atoms with Crippen LogP contribution < -0.4 is 0 Å². The van der Waals surface area contributed by atoms with E-state index in [-0.39, 0.29) is 36.4 Å². The SMILES string of the molecule is Cc1ccc(-n2c(O)c3c(c2O)Cc2c(c(O)n(C)c2O)C3)cc1. The molecule has 1 aliphatic rings. The van der Waals surface area contributed by atoms with Crippen LogP contribution in [0.2, 0.25) is 0 Å². The van der Waals surface area contributed by atoms with Gasteiger partial charge in [0.2, 0.25) is 11.8 Å². The summed E-state index contributed by atoms with van der Waals surface area (Å²) in [7, 11) is 1.57. The smallest absolute Gasteiger partial charge is 0.202 e. The maximum Gasteiger partial charge on any atom is 0.202 e. The Morgan fingerprint density at radius 3 is 1.58 bits per heavy atom. The van der Waals surface area contributed by atoms with Crippen LogP contribution >= 0.6 is 0 Å². The van der Waals surface area contributed by atoms with Crippen molar-refractivity contribution in [3.8, 4) is 29.2 Å². The zero-order chi connectivity index (χ0) is 17.2. The first-order chi connectivity index (χ1) is 11.4. The lowest BCUT2D eigenvalue weighted by molar-refractivity contribution is 0.383. The summed E-state index contributed by atoms with van der Waals surface area (Å²) in [5.41, 5.74) is 4.04. The minimum atomic E-state index is -0.0419. The third-order valence-electron chi connectivity index (χ3n) is 4.87. The van der Waals surface area contributed by atoms with Gasteiger partial charge in [-0.25, -0.2) is 0 Å². The third kappa shape index (κ3) is 1.76. The summed E-state index contributed by atoms with van der Waals surface area (Å²) < 4.78 is 2.70. The van der Waals surface area contributed by atoms with Gasteiger partial charge in [0.25, 0.3) is 0 Å². The normalized spacial score (nSPS) is 12.9. The van der Waals surface area contributed by atoms with Crippen LogP contribution in [-0.2, 0) is 19.9 Å². The Morgan fingerprint density at radius 2 is 1.12 bits per heavy atom. The quantitative estimate of drug-likeness (QED) is 0.432. The molecule has 0 bridgehead atoms. The fraction of sp³-hybridized carbons (Fsp3) is 0.222. The van der Waals surface area contributed by atoms with Gasteiger partial charge in [-0.15, -0.1) is 0 Å². The summed E-state index contributed by atoms with van der Waals surface area (Å²) in [6, 6.07) is 7.45. The number of hydrogen-bond acceptors (Lipinski definition) is 4. The Labute approximate surface area is 138 Å². The van der Waals surface area contributed by atoms with Gasteiger partial charge in [0, 0.05) is 42.1 Å². The Hall–Kier alpha value is -3.02. The van der Waals surface area contributed by atoms with Gasteiger partial charge >= 0.3 is 0 Å². The molecule has 0 spiro atoms. The Balaban J connectivity index is 1.89. The number of aryl methyl sites for hydroxylation is 1. The molecule has 4 rings (SSSR count). The summed E-state index contributed by atoms with van der Waals surface area (Å²) in [6.45, 7) is 1.96. The summed E-state index contributed by atoms with van der Waals surface area (Å²) in [5.74, 6) is -0.121. The van der Waals surface area contributed by atoms with E-state index in [0.29, 0.717) is 27.9 Å². The molecule has 4 N–H and O–H groups in total. The molecule has 3 aromatic rings. The first kappa shape index (κ1) is 14.6. The molecule has 0 fully saturated rings. The van der Waals surface area contributed by atoms with Gasteiger partial charge in [-0.05, 0) is 19.1 Å². The summed E-state index contributed by atoms with van der Waals surface area (Å²) in [6.07, 6.45) is 0.506. The van der Waals surface area contributed by atoms with E-state index in [4.69, 9.17) is 0 Å². The van der Waals surface area contributed by atoms with Crippen LogP contribution in [0.5, 0.6) is 23.5 Å². The molecule has 0 radical (unpaired) electrons. The van der Waals surface area contributed by atoms with Crippen molar-refractivity contribution in [2.75, 3.05) is 0 Å². The van der Waals surface area contributed by atoms with E-state index >= 15 is 0 Å². The number of rotatable bonds is 1. The molecule has 0 unspecified atom stereocenters. The van der Waals surface area contributed by atoms with Crippen molar-refractivity contribution in [3.63, 3.8) is 0 Å². The molecule has 1 aromatic carbocycles. The third-order valence-corrected chi connectivity index (χ3v) is 4.87. The second-order valence-corrected chi connectivity index (χ2v) is 6.29. The molecule has 0 atom stereocenters. The Bertz CT molecular complexity index is 912. The molecule has 0 amide bonds. The second-order valence-electron chi connectivity index (χ2n) is 6.29. The number of hydrogen-bond donors (Lipinski definition) is 4. The lowest BCUT2D eigenvalue weighted by atomic mass is 9.90. The predicted molar refractivity (Wildman–Crippen MR) is 88.2 cm³/mol. The molecule has 2 heterocycles. The minimum absolute atomic E-state index is 0.0184. The van der Waals surface area contributed by atoms with E-state index in [1.807, 2.05) is 31.2 Å². The van der Waals surface area contributed by atoms with Gasteiger partial charge in [0.05, 0.1) is 5.69 Å². The van der Waals surface area contributed by atoms with Gasteiger partial charge in [0.1, 0.15) is 0 Å². The summed E-state index contributed by atoms with van der Waals surface area (Å²) in [4.78, 5) is 0. The molecule has 1 aliphatic carbocycles. The zero-order valence-electron chi connectivity index (χ0n) is 13.4. The van der Waals surface area contributed by atoms with Crippen molar-refractivity contribution in [3.05, 3.63) is 52.1 Å². The van der Waals surface area contributed by atoms with Gasteiger partial charge in [-0.3, -0.25) is 9.13 Å². The average Bonchev–Trinajstić information content (AvgIpc) is 2.94. The molecule has 2 aromatic heterocycles. The van der Waals surface area contributed by atoms with Crippen LogP contribution in [-0.4, -0.2) is 29.6 Å². The maximum atomic E-state index is 10.6. The highest BCUT2D eigenvalue weighted by Crippen LogP contribution is 2.47. The molecule has 0 saturated heterocycles. The number of benzene rings is 1. The number of nitrogens with zero attached hydrogens (tertiary/aromatic N) is 2. The highest BCUT2D eigenvalue weighted by Gasteiger charge is 2.33. The molecule has 6 heteroatoms. The van der Waals surface area contributed by atoms with Crippen LogP contribution in [0.3, 0.4) is 0 Å². The predicted octanol–water partition coefficient (Wildman–Crippen LogP) is 2.44. The fourth-order valence-corrected chi connectivity index (χ4v) is 3.45. The van der Waals surface area contributed by atoms with Gasteiger partial charge in [-0.2, -0.15) is 0 Å². The minimum Gasteiger partial charge on any atom is -0.494 e. The van der Waals surface area contributed by atoms with Gasteiger partial charge < -0.3 is 20.4 Å². The van der Waals surface area contributed by atoms with Crippen molar-refractivity contribution >= 4 is 0 Å². The highest BCUT2D eigenvalue weighted by atomic mass is 16.3. The zero-order valence-corrected chi connectivity index (χ0v) is 13.4. The standard InChI is InChI=1S/C18H18N2O4/c1-9-3-5-10(6-4-9)20-17(23)13-7-11-12(8-14(13)18(20)24)16(22)19(2)15(11)21/h3-6,21-24H,7-8H2,1-2H3. The molecular formula is C18H18N2O4. The summed E-state index contributed by atoms with van der Waals surface area (Å²) >= 11 is 0. The van der Waals surface area contributed by atoms with Gasteiger partial charge in [-0.1, -0.05) is 17.7 Å². The monoisotopic (exact) mass is 326 g/mol. The largest absolute Gasteiger partial charge is 0.494 e. The average molecular weight is 326 g/mol. The molecule has 0 saturated carbocycles. The van der Waals surface area contributed by atoms with Crippen molar-refractivity contribution in [1.29, 1.82) is 0 Å².